The fourth-order valence-corrected chi connectivity index (χ4v) is 4.94. The zero-order chi connectivity index (χ0) is 19.7. The summed E-state index contributed by atoms with van der Waals surface area (Å²) < 4.78 is 35.6. The van der Waals surface area contributed by atoms with Crippen LogP contribution in [-0.4, -0.2) is 57.6 Å². The summed E-state index contributed by atoms with van der Waals surface area (Å²) in [6.07, 6.45) is 5.83. The van der Waals surface area contributed by atoms with Gasteiger partial charge in [-0.25, -0.2) is 12.7 Å². The van der Waals surface area contributed by atoms with Gasteiger partial charge in [-0.1, -0.05) is 0 Å². The van der Waals surface area contributed by atoms with Gasteiger partial charge in [-0.15, -0.1) is 0 Å². The molecular weight excluding hydrogens is 378 g/mol. The van der Waals surface area contributed by atoms with Crippen molar-refractivity contribution >= 4 is 27.5 Å². The van der Waals surface area contributed by atoms with Crippen molar-refractivity contribution in [1.29, 1.82) is 0 Å². The van der Waals surface area contributed by atoms with Crippen LogP contribution < -0.4 is 14.4 Å². The maximum absolute atomic E-state index is 11.5. The summed E-state index contributed by atoms with van der Waals surface area (Å²) >= 11 is 0. The SMILES string of the molecule is COc1cc2nccc(N3CCC(CN(C4CC4)[SH](=O)=O)CC3)c2cc1OC. The van der Waals surface area contributed by atoms with Crippen molar-refractivity contribution < 1.29 is 17.9 Å². The number of methoxy groups -OCH3 is 2. The first-order valence-corrected chi connectivity index (χ1v) is 10.9. The Morgan fingerprint density at radius 1 is 1.11 bits per heavy atom. The number of anilines is 1. The molecule has 0 unspecified atom stereocenters. The fraction of sp³-hybridized carbons (Fsp3) is 0.550. The van der Waals surface area contributed by atoms with Crippen LogP contribution in [0.5, 0.6) is 11.5 Å². The molecule has 0 amide bonds. The van der Waals surface area contributed by atoms with Crippen molar-refractivity contribution in [2.45, 2.75) is 31.7 Å². The largest absolute Gasteiger partial charge is 0.493 e. The Kier molecular flexibility index (Phi) is 5.59. The van der Waals surface area contributed by atoms with Crippen LogP contribution >= 0.6 is 0 Å². The van der Waals surface area contributed by atoms with E-state index in [1.807, 2.05) is 24.4 Å². The smallest absolute Gasteiger partial charge is 0.204 e. The molecule has 1 aromatic heterocycles. The lowest BCUT2D eigenvalue weighted by atomic mass is 9.96. The van der Waals surface area contributed by atoms with E-state index in [4.69, 9.17) is 9.47 Å². The van der Waals surface area contributed by atoms with E-state index < -0.39 is 10.9 Å². The summed E-state index contributed by atoms with van der Waals surface area (Å²) in [7, 11) is 0.792. The van der Waals surface area contributed by atoms with E-state index in [9.17, 15) is 8.42 Å². The molecule has 2 aromatic rings. The standard InChI is InChI=1S/C20H27N3O4S/c1-26-19-11-16-17(12-20(19)27-2)21-8-5-18(16)22-9-6-14(7-10-22)13-23(28(24)25)15-3-4-15/h5,8,11-12,14-15,28H,3-4,6-7,9-10,13H2,1-2H3. The quantitative estimate of drug-likeness (QED) is 0.714. The molecular formula is C20H27N3O4S. The predicted molar refractivity (Wildman–Crippen MR) is 110 cm³/mol. The summed E-state index contributed by atoms with van der Waals surface area (Å²) in [6, 6.07) is 6.19. The Morgan fingerprint density at radius 2 is 1.79 bits per heavy atom. The number of hydrogen-bond acceptors (Lipinski definition) is 6. The molecule has 0 atom stereocenters. The molecule has 8 heteroatoms. The maximum Gasteiger partial charge on any atom is 0.204 e. The molecule has 4 rings (SSSR count). The Bertz CT molecular complexity index is 913. The number of rotatable bonds is 7. The van der Waals surface area contributed by atoms with Crippen molar-refractivity contribution in [2.24, 2.45) is 5.92 Å². The first kappa shape index (κ1) is 19.3. The van der Waals surface area contributed by atoms with Crippen LogP contribution in [0.3, 0.4) is 0 Å². The Balaban J connectivity index is 1.50. The number of thiol groups is 1. The molecule has 0 N–H and O–H groups in total. The van der Waals surface area contributed by atoms with Gasteiger partial charge in [0.15, 0.2) is 11.5 Å². The molecule has 0 bridgehead atoms. The first-order valence-electron chi connectivity index (χ1n) is 9.77. The van der Waals surface area contributed by atoms with Crippen LogP contribution in [0.25, 0.3) is 10.9 Å². The Morgan fingerprint density at radius 3 is 2.39 bits per heavy atom. The van der Waals surface area contributed by atoms with Crippen LogP contribution in [0.2, 0.25) is 0 Å². The van der Waals surface area contributed by atoms with E-state index in [0.29, 0.717) is 24.0 Å². The van der Waals surface area contributed by atoms with Crippen LogP contribution in [-0.2, 0) is 10.9 Å². The minimum absolute atomic E-state index is 0.255. The second kappa shape index (κ2) is 8.13. The van der Waals surface area contributed by atoms with E-state index in [0.717, 1.165) is 55.4 Å². The molecule has 1 saturated carbocycles. The number of aromatic nitrogens is 1. The van der Waals surface area contributed by atoms with E-state index in [1.54, 1.807) is 18.5 Å². The minimum atomic E-state index is -2.47. The van der Waals surface area contributed by atoms with Crippen molar-refractivity contribution in [2.75, 3.05) is 38.8 Å². The fourth-order valence-electron chi connectivity index (χ4n) is 4.08. The second-order valence-electron chi connectivity index (χ2n) is 7.58. The first-order chi connectivity index (χ1) is 13.6. The van der Waals surface area contributed by atoms with Crippen LogP contribution in [0.15, 0.2) is 24.4 Å². The van der Waals surface area contributed by atoms with Crippen molar-refractivity contribution in [3.8, 4) is 11.5 Å². The van der Waals surface area contributed by atoms with Gasteiger partial charge in [0.05, 0.1) is 19.7 Å². The topological polar surface area (TPSA) is 72.0 Å². The van der Waals surface area contributed by atoms with Crippen LogP contribution in [0, 0.1) is 5.92 Å². The molecule has 2 aliphatic rings. The van der Waals surface area contributed by atoms with Gasteiger partial charge in [0, 0.05) is 49.0 Å². The maximum atomic E-state index is 11.5. The number of ether oxygens (including phenoxy) is 2. The third kappa shape index (κ3) is 3.89. The number of hydrogen-bond donors (Lipinski definition) is 1. The Hall–Kier alpha value is -2.06. The van der Waals surface area contributed by atoms with E-state index in [-0.39, 0.29) is 6.04 Å². The minimum Gasteiger partial charge on any atom is -0.493 e. The molecule has 2 heterocycles. The van der Waals surface area contributed by atoms with Gasteiger partial charge in [-0.05, 0) is 43.7 Å². The summed E-state index contributed by atoms with van der Waals surface area (Å²) in [5.74, 6) is 1.79. The highest BCUT2D eigenvalue weighted by Gasteiger charge is 2.33. The van der Waals surface area contributed by atoms with Gasteiger partial charge in [-0.2, -0.15) is 0 Å². The molecule has 1 saturated heterocycles. The lowest BCUT2D eigenvalue weighted by molar-refractivity contribution is 0.301. The zero-order valence-electron chi connectivity index (χ0n) is 16.3. The lowest BCUT2D eigenvalue weighted by Crippen LogP contribution is -2.39. The molecule has 0 spiro atoms. The third-order valence-electron chi connectivity index (χ3n) is 5.80. The molecule has 1 aliphatic heterocycles. The number of nitrogens with zero attached hydrogens (tertiary/aromatic N) is 3. The summed E-state index contributed by atoms with van der Waals surface area (Å²) in [5.41, 5.74) is 2.01. The molecule has 7 nitrogen and oxygen atoms in total. The number of piperidine rings is 1. The zero-order valence-corrected chi connectivity index (χ0v) is 17.2. The van der Waals surface area contributed by atoms with Gasteiger partial charge >= 0.3 is 0 Å². The molecule has 0 radical (unpaired) electrons. The van der Waals surface area contributed by atoms with Gasteiger partial charge in [0.2, 0.25) is 10.9 Å². The lowest BCUT2D eigenvalue weighted by Gasteiger charge is -2.35. The van der Waals surface area contributed by atoms with E-state index >= 15 is 0 Å². The highest BCUT2D eigenvalue weighted by Crippen LogP contribution is 2.37. The normalized spacial score (nSPS) is 18.2. The summed E-state index contributed by atoms with van der Waals surface area (Å²) in [6.45, 7) is 2.48. The van der Waals surface area contributed by atoms with E-state index in [2.05, 4.69) is 9.88 Å². The monoisotopic (exact) mass is 405 g/mol. The summed E-state index contributed by atoms with van der Waals surface area (Å²) in [4.78, 5) is 6.85. The summed E-state index contributed by atoms with van der Waals surface area (Å²) in [5, 5.41) is 1.04. The average Bonchev–Trinajstić information content (AvgIpc) is 3.55. The van der Waals surface area contributed by atoms with Crippen LogP contribution in [0.4, 0.5) is 5.69 Å². The highest BCUT2D eigenvalue weighted by molar-refractivity contribution is 7.69. The van der Waals surface area contributed by atoms with Gasteiger partial charge in [0.25, 0.3) is 0 Å². The van der Waals surface area contributed by atoms with Crippen molar-refractivity contribution in [3.05, 3.63) is 24.4 Å². The van der Waals surface area contributed by atoms with Crippen LogP contribution in [0.1, 0.15) is 25.7 Å². The van der Waals surface area contributed by atoms with Gasteiger partial charge < -0.3 is 14.4 Å². The number of pyridine rings is 1. The third-order valence-corrected chi connectivity index (χ3v) is 6.71. The van der Waals surface area contributed by atoms with Crippen molar-refractivity contribution in [1.82, 2.24) is 9.29 Å². The van der Waals surface area contributed by atoms with Gasteiger partial charge in [0.1, 0.15) is 0 Å². The van der Waals surface area contributed by atoms with Gasteiger partial charge in [-0.3, -0.25) is 4.98 Å². The molecule has 2 fully saturated rings. The average molecular weight is 406 g/mol. The number of fused-ring (bicyclic) bond motifs is 1. The molecule has 1 aliphatic carbocycles. The Labute approximate surface area is 167 Å². The molecule has 1 aromatic carbocycles. The second-order valence-corrected chi connectivity index (χ2v) is 8.57. The van der Waals surface area contributed by atoms with Crippen molar-refractivity contribution in [3.63, 3.8) is 0 Å². The molecule has 152 valence electrons. The molecule has 28 heavy (non-hydrogen) atoms. The number of benzene rings is 1. The van der Waals surface area contributed by atoms with E-state index in [1.165, 1.54) is 0 Å². The predicted octanol–water partition coefficient (Wildman–Crippen LogP) is 2.46. The highest BCUT2D eigenvalue weighted by atomic mass is 32.2.